The molecular formula is C20H28N6O3S. The molecule has 162 valence electrons. The van der Waals surface area contributed by atoms with Crippen molar-refractivity contribution in [2.45, 2.75) is 47.1 Å². The molecule has 3 rings (SSSR count). The van der Waals surface area contributed by atoms with Crippen molar-refractivity contribution < 1.29 is 4.79 Å². The van der Waals surface area contributed by atoms with Crippen molar-refractivity contribution in [2.75, 3.05) is 17.2 Å². The molecule has 0 spiro atoms. The number of carbonyl (C=O) groups is 1. The van der Waals surface area contributed by atoms with Crippen LogP contribution >= 0.6 is 11.3 Å². The Bertz CT molecular complexity index is 1170. The molecule has 0 radical (unpaired) electrons. The van der Waals surface area contributed by atoms with Gasteiger partial charge in [-0.05, 0) is 25.3 Å². The van der Waals surface area contributed by atoms with E-state index in [1.54, 1.807) is 10.7 Å². The second-order valence-electron chi connectivity index (χ2n) is 7.85. The van der Waals surface area contributed by atoms with Gasteiger partial charge in [0.25, 0.3) is 11.5 Å². The molecule has 3 aromatic rings. The molecule has 0 fully saturated rings. The van der Waals surface area contributed by atoms with Gasteiger partial charge in [0.2, 0.25) is 0 Å². The van der Waals surface area contributed by atoms with Crippen molar-refractivity contribution in [3.05, 3.63) is 37.5 Å². The Labute approximate surface area is 178 Å². The highest BCUT2D eigenvalue weighted by molar-refractivity contribution is 7.20. The molecule has 0 bridgehead atoms. The number of thiophene rings is 1. The van der Waals surface area contributed by atoms with E-state index in [-0.39, 0.29) is 23.3 Å². The standard InChI is InChI=1S/C20H28N6O3S/c1-6-7-8-25(15-16(21)26(10-11(2)3)20(29)22-17(15)27)18(28)14-9-13-12(4)23-24(5)19(13)30-14/h9,11H,6-8,10,21H2,1-5H3,(H,22,27,29). The first-order chi connectivity index (χ1) is 14.1. The molecule has 0 aliphatic rings. The maximum Gasteiger partial charge on any atom is 0.330 e. The number of nitrogen functional groups attached to an aromatic ring is 1. The van der Waals surface area contributed by atoms with Gasteiger partial charge in [-0.3, -0.25) is 28.7 Å². The summed E-state index contributed by atoms with van der Waals surface area (Å²) < 4.78 is 3.07. The van der Waals surface area contributed by atoms with Crippen LogP contribution in [0.15, 0.2) is 15.7 Å². The number of anilines is 2. The number of fused-ring (bicyclic) bond motifs is 1. The first kappa shape index (κ1) is 21.8. The summed E-state index contributed by atoms with van der Waals surface area (Å²) in [7, 11) is 1.83. The number of amides is 1. The number of aryl methyl sites for hydroxylation is 2. The van der Waals surface area contributed by atoms with Gasteiger partial charge in [0.15, 0.2) is 5.69 Å². The minimum atomic E-state index is -0.652. The van der Waals surface area contributed by atoms with E-state index in [1.807, 2.05) is 34.7 Å². The number of nitrogens with one attached hydrogen (secondary N) is 1. The fourth-order valence-corrected chi connectivity index (χ4v) is 4.53. The Hall–Kier alpha value is -2.88. The summed E-state index contributed by atoms with van der Waals surface area (Å²) in [5, 5.41) is 5.28. The van der Waals surface area contributed by atoms with Gasteiger partial charge in [0, 0.05) is 25.5 Å². The second-order valence-corrected chi connectivity index (χ2v) is 8.88. The number of H-pyrrole nitrogens is 1. The van der Waals surface area contributed by atoms with E-state index in [1.165, 1.54) is 20.8 Å². The maximum atomic E-state index is 13.5. The predicted octanol–water partition coefficient (Wildman–Crippen LogP) is 2.48. The Balaban J connectivity index is 2.14. The molecular weight excluding hydrogens is 404 g/mol. The molecule has 10 heteroatoms. The summed E-state index contributed by atoms with van der Waals surface area (Å²) in [6, 6.07) is 1.80. The third-order valence-corrected chi connectivity index (χ3v) is 6.11. The number of nitrogens with zero attached hydrogens (tertiary/aromatic N) is 4. The Morgan fingerprint density at radius 1 is 1.37 bits per heavy atom. The van der Waals surface area contributed by atoms with Crippen molar-refractivity contribution in [3.63, 3.8) is 0 Å². The van der Waals surface area contributed by atoms with Crippen LogP contribution in [0.4, 0.5) is 11.5 Å². The molecule has 0 aliphatic carbocycles. The largest absolute Gasteiger partial charge is 0.383 e. The number of hydrogen-bond donors (Lipinski definition) is 2. The summed E-state index contributed by atoms with van der Waals surface area (Å²) in [6.07, 6.45) is 1.53. The van der Waals surface area contributed by atoms with Gasteiger partial charge in [0.05, 0.1) is 10.6 Å². The lowest BCUT2D eigenvalue weighted by Crippen LogP contribution is -2.41. The monoisotopic (exact) mass is 432 g/mol. The molecule has 0 unspecified atom stereocenters. The van der Waals surface area contributed by atoms with Gasteiger partial charge >= 0.3 is 5.69 Å². The lowest BCUT2D eigenvalue weighted by atomic mass is 10.2. The van der Waals surface area contributed by atoms with E-state index in [0.717, 1.165) is 22.3 Å². The summed E-state index contributed by atoms with van der Waals surface area (Å²) in [6.45, 7) is 8.47. The molecule has 0 atom stereocenters. The van der Waals surface area contributed by atoms with Crippen LogP contribution in [0.5, 0.6) is 0 Å². The smallest absolute Gasteiger partial charge is 0.330 e. The number of carbonyl (C=O) groups excluding carboxylic acids is 1. The average molecular weight is 433 g/mol. The number of aromatic amines is 1. The molecule has 3 heterocycles. The third-order valence-electron chi connectivity index (χ3n) is 4.92. The normalized spacial score (nSPS) is 11.5. The first-order valence-corrected chi connectivity index (χ1v) is 10.8. The van der Waals surface area contributed by atoms with Crippen LogP contribution in [0, 0.1) is 12.8 Å². The summed E-state index contributed by atoms with van der Waals surface area (Å²) >= 11 is 1.33. The maximum absolute atomic E-state index is 13.5. The van der Waals surface area contributed by atoms with Crippen molar-refractivity contribution in [1.29, 1.82) is 0 Å². The van der Waals surface area contributed by atoms with Crippen molar-refractivity contribution in [2.24, 2.45) is 13.0 Å². The Kier molecular flexibility index (Phi) is 6.16. The zero-order chi connectivity index (χ0) is 22.2. The van der Waals surface area contributed by atoms with E-state index < -0.39 is 11.2 Å². The third kappa shape index (κ3) is 3.91. The highest BCUT2D eigenvalue weighted by Gasteiger charge is 2.27. The molecule has 1 amide bonds. The van der Waals surface area contributed by atoms with Gasteiger partial charge in [-0.1, -0.05) is 27.2 Å². The molecule has 0 aliphatic heterocycles. The number of hydrogen-bond acceptors (Lipinski definition) is 6. The number of unbranched alkanes of at least 4 members (excludes halogenated alkanes) is 1. The van der Waals surface area contributed by atoms with Crippen LogP contribution in [0.2, 0.25) is 0 Å². The Morgan fingerprint density at radius 2 is 2.07 bits per heavy atom. The molecule has 9 nitrogen and oxygen atoms in total. The van der Waals surface area contributed by atoms with Gasteiger partial charge in [-0.25, -0.2) is 4.79 Å². The SMILES string of the molecule is CCCCN(C(=O)c1cc2c(C)nn(C)c2s1)c1c(N)n(CC(C)C)c(=O)[nH]c1=O. The lowest BCUT2D eigenvalue weighted by molar-refractivity contribution is 0.0990. The van der Waals surface area contributed by atoms with Crippen LogP contribution in [0.25, 0.3) is 10.2 Å². The van der Waals surface area contributed by atoms with Crippen molar-refractivity contribution >= 4 is 39.0 Å². The minimum Gasteiger partial charge on any atom is -0.383 e. The summed E-state index contributed by atoms with van der Waals surface area (Å²) in [5.74, 6) is -0.154. The highest BCUT2D eigenvalue weighted by atomic mass is 32.1. The Morgan fingerprint density at radius 3 is 2.67 bits per heavy atom. The van der Waals surface area contributed by atoms with Gasteiger partial charge in [-0.2, -0.15) is 5.10 Å². The van der Waals surface area contributed by atoms with Gasteiger partial charge in [-0.15, -0.1) is 11.3 Å². The molecule has 3 N–H and O–H groups in total. The van der Waals surface area contributed by atoms with Crippen LogP contribution < -0.4 is 21.9 Å². The molecule has 0 saturated carbocycles. The average Bonchev–Trinajstić information content (AvgIpc) is 3.22. The fourth-order valence-electron chi connectivity index (χ4n) is 3.46. The van der Waals surface area contributed by atoms with E-state index >= 15 is 0 Å². The number of aromatic nitrogens is 4. The van der Waals surface area contributed by atoms with Crippen LogP contribution in [-0.2, 0) is 13.6 Å². The van der Waals surface area contributed by atoms with E-state index in [9.17, 15) is 14.4 Å². The van der Waals surface area contributed by atoms with E-state index in [0.29, 0.717) is 24.4 Å². The zero-order valence-corrected chi connectivity index (χ0v) is 18.8. The molecule has 3 aromatic heterocycles. The van der Waals surface area contributed by atoms with Crippen molar-refractivity contribution in [1.82, 2.24) is 19.3 Å². The topological polar surface area (TPSA) is 119 Å². The van der Waals surface area contributed by atoms with Gasteiger partial charge < -0.3 is 5.73 Å². The molecule has 0 saturated heterocycles. The molecule has 30 heavy (non-hydrogen) atoms. The number of rotatable bonds is 7. The van der Waals surface area contributed by atoms with E-state index in [4.69, 9.17) is 5.73 Å². The fraction of sp³-hybridized carbons (Fsp3) is 0.500. The van der Waals surface area contributed by atoms with Crippen LogP contribution in [0.3, 0.4) is 0 Å². The summed E-state index contributed by atoms with van der Waals surface area (Å²) in [4.78, 5) is 43.6. The second kappa shape index (κ2) is 8.47. The zero-order valence-electron chi connectivity index (χ0n) is 18.0. The van der Waals surface area contributed by atoms with Crippen LogP contribution in [0.1, 0.15) is 49.0 Å². The molecule has 0 aromatic carbocycles. The predicted molar refractivity (Wildman–Crippen MR) is 120 cm³/mol. The highest BCUT2D eigenvalue weighted by Crippen LogP contribution is 2.30. The first-order valence-electron chi connectivity index (χ1n) is 10.0. The number of nitrogens with two attached hydrogens (primary N) is 1. The van der Waals surface area contributed by atoms with E-state index in [2.05, 4.69) is 10.1 Å². The van der Waals surface area contributed by atoms with Crippen molar-refractivity contribution in [3.8, 4) is 0 Å². The van der Waals surface area contributed by atoms with Crippen LogP contribution in [-0.4, -0.2) is 31.8 Å². The summed E-state index contributed by atoms with van der Waals surface area (Å²) in [5.41, 5.74) is 5.91. The minimum absolute atomic E-state index is 0.0147. The quantitative estimate of drug-likeness (QED) is 0.594. The lowest BCUT2D eigenvalue weighted by Gasteiger charge is -2.24. The van der Waals surface area contributed by atoms with Gasteiger partial charge in [0.1, 0.15) is 10.6 Å².